The highest BCUT2D eigenvalue weighted by Gasteiger charge is 2.23. The lowest BCUT2D eigenvalue weighted by Crippen LogP contribution is -2.33. The molecule has 3 rings (SSSR count). The molecule has 0 atom stereocenters. The van der Waals surface area contributed by atoms with Gasteiger partial charge in [-0.05, 0) is 24.6 Å². The van der Waals surface area contributed by atoms with Crippen LogP contribution in [0.5, 0.6) is 0 Å². The van der Waals surface area contributed by atoms with Gasteiger partial charge in [-0.15, -0.1) is 23.2 Å². The fraction of sp³-hybridized carbons (Fsp3) is 0.455. The summed E-state index contributed by atoms with van der Waals surface area (Å²) in [4.78, 5) is 42.8. The number of amides is 2. The summed E-state index contributed by atoms with van der Waals surface area (Å²) >= 11 is 11.8. The molecule has 2 aromatic rings. The lowest BCUT2D eigenvalue weighted by molar-refractivity contribution is -0.147. The van der Waals surface area contributed by atoms with Crippen molar-refractivity contribution >= 4 is 57.7 Å². The van der Waals surface area contributed by atoms with Gasteiger partial charge in [0, 0.05) is 62.6 Å². The van der Waals surface area contributed by atoms with Crippen molar-refractivity contribution in [3.63, 3.8) is 0 Å². The Morgan fingerprint density at radius 3 is 2.47 bits per heavy atom. The predicted octanol–water partition coefficient (Wildman–Crippen LogP) is 2.65. The van der Waals surface area contributed by atoms with E-state index >= 15 is 0 Å². The Labute approximate surface area is 196 Å². The first kappa shape index (κ1) is 24.1. The quantitative estimate of drug-likeness (QED) is 0.263. The van der Waals surface area contributed by atoms with Crippen molar-refractivity contribution in [1.82, 2.24) is 14.5 Å². The highest BCUT2D eigenvalue weighted by Crippen LogP contribution is 2.23. The van der Waals surface area contributed by atoms with Crippen LogP contribution in [-0.2, 0) is 32.6 Å². The Morgan fingerprint density at radius 2 is 1.81 bits per heavy atom. The molecule has 0 radical (unpaired) electrons. The highest BCUT2D eigenvalue weighted by atomic mass is 35.5. The first-order valence-electron chi connectivity index (χ1n) is 10.5. The van der Waals surface area contributed by atoms with Crippen LogP contribution in [-0.4, -0.2) is 70.2 Å². The molecule has 0 bridgehead atoms. The van der Waals surface area contributed by atoms with Crippen molar-refractivity contribution in [2.75, 3.05) is 42.9 Å². The van der Waals surface area contributed by atoms with Crippen molar-refractivity contribution in [3.8, 4) is 0 Å². The summed E-state index contributed by atoms with van der Waals surface area (Å²) in [6, 6.07) is 6.07. The highest BCUT2D eigenvalue weighted by molar-refractivity contribution is 6.18. The van der Waals surface area contributed by atoms with E-state index in [-0.39, 0.29) is 37.4 Å². The zero-order valence-electron chi connectivity index (χ0n) is 17.9. The van der Waals surface area contributed by atoms with Crippen LogP contribution in [0.3, 0.4) is 0 Å². The first-order chi connectivity index (χ1) is 15.4. The number of esters is 1. The van der Waals surface area contributed by atoms with Gasteiger partial charge in [0.25, 0.3) is 11.8 Å². The molecule has 172 valence electrons. The Balaban J connectivity index is 1.51. The second-order valence-electron chi connectivity index (χ2n) is 7.36. The Morgan fingerprint density at radius 1 is 1.12 bits per heavy atom. The SMILES string of the molecule is Cn1c(CCCC(=O)OCCN2C(=O)C=CC2=O)nc2ccc(N(CCCl)CCCl)cc21. The molecule has 1 aromatic heterocycles. The van der Waals surface area contributed by atoms with Crippen LogP contribution < -0.4 is 4.90 Å². The molecule has 0 saturated heterocycles. The maximum Gasteiger partial charge on any atom is 0.305 e. The maximum atomic E-state index is 12.0. The van der Waals surface area contributed by atoms with Crippen LogP contribution in [0.4, 0.5) is 5.69 Å². The summed E-state index contributed by atoms with van der Waals surface area (Å²) in [5.74, 6) is 0.780. The van der Waals surface area contributed by atoms with E-state index in [1.54, 1.807) is 0 Å². The van der Waals surface area contributed by atoms with Crippen molar-refractivity contribution in [1.29, 1.82) is 0 Å². The molecule has 0 saturated carbocycles. The number of hydrogen-bond donors (Lipinski definition) is 0. The van der Waals surface area contributed by atoms with E-state index in [0.29, 0.717) is 37.7 Å². The average Bonchev–Trinajstić information content (AvgIpc) is 3.26. The van der Waals surface area contributed by atoms with E-state index in [4.69, 9.17) is 27.9 Å². The molecule has 1 aliphatic heterocycles. The number of carbonyl (C=O) groups excluding carboxylic acids is 3. The lowest BCUT2D eigenvalue weighted by atomic mass is 10.2. The minimum Gasteiger partial charge on any atom is -0.464 e. The molecule has 8 nitrogen and oxygen atoms in total. The van der Waals surface area contributed by atoms with Gasteiger partial charge in [-0.3, -0.25) is 19.3 Å². The maximum absolute atomic E-state index is 12.0. The minimum absolute atomic E-state index is 0.00579. The fourth-order valence-corrected chi connectivity index (χ4v) is 4.00. The predicted molar refractivity (Wildman–Crippen MR) is 124 cm³/mol. The number of hydrogen-bond acceptors (Lipinski definition) is 6. The van der Waals surface area contributed by atoms with Gasteiger partial charge in [0.2, 0.25) is 0 Å². The number of anilines is 1. The standard InChI is InChI=1S/C22H26Cl2N4O4/c1-26-18-15-16(27(11-9-23)12-10-24)5-6-17(18)25-19(26)3-2-4-22(31)32-14-13-28-20(29)7-8-21(28)30/h5-8,15H,2-4,9-14H2,1H3. The number of aromatic nitrogens is 2. The third-order valence-electron chi connectivity index (χ3n) is 5.29. The molecule has 1 aromatic carbocycles. The second-order valence-corrected chi connectivity index (χ2v) is 8.12. The van der Waals surface area contributed by atoms with Crippen LogP contribution in [0.15, 0.2) is 30.4 Å². The van der Waals surface area contributed by atoms with Gasteiger partial charge in [-0.2, -0.15) is 0 Å². The largest absolute Gasteiger partial charge is 0.464 e. The van der Waals surface area contributed by atoms with Crippen LogP contribution >= 0.6 is 23.2 Å². The number of halogens is 2. The summed E-state index contributed by atoms with van der Waals surface area (Å²) in [6.45, 7) is 1.48. The minimum atomic E-state index is -0.385. The molecule has 2 amide bonds. The van der Waals surface area contributed by atoms with E-state index in [0.717, 1.165) is 27.4 Å². The molecule has 0 spiro atoms. The number of alkyl halides is 2. The van der Waals surface area contributed by atoms with Crippen molar-refractivity contribution < 1.29 is 19.1 Å². The van der Waals surface area contributed by atoms with Crippen molar-refractivity contribution in [3.05, 3.63) is 36.2 Å². The normalized spacial score (nSPS) is 13.4. The summed E-state index contributed by atoms with van der Waals surface area (Å²) in [5.41, 5.74) is 2.93. The molecule has 0 unspecified atom stereocenters. The van der Waals surface area contributed by atoms with Crippen LogP contribution in [0.2, 0.25) is 0 Å². The van der Waals surface area contributed by atoms with Gasteiger partial charge in [0.1, 0.15) is 12.4 Å². The number of aryl methyl sites for hydroxylation is 2. The Kier molecular flexibility index (Phi) is 8.53. The van der Waals surface area contributed by atoms with Gasteiger partial charge in [0.05, 0.1) is 17.6 Å². The fourth-order valence-electron chi connectivity index (χ4n) is 3.59. The number of ether oxygens (including phenoxy) is 1. The zero-order valence-corrected chi connectivity index (χ0v) is 19.4. The Hall–Kier alpha value is -2.58. The molecule has 0 N–H and O–H groups in total. The number of nitrogens with zero attached hydrogens (tertiary/aromatic N) is 4. The lowest BCUT2D eigenvalue weighted by Gasteiger charge is -2.22. The molecule has 1 aliphatic rings. The summed E-state index contributed by atoms with van der Waals surface area (Å²) in [7, 11) is 1.96. The molecule has 2 heterocycles. The van der Waals surface area contributed by atoms with E-state index in [1.807, 2.05) is 23.7 Å². The molecular weight excluding hydrogens is 455 g/mol. The molecule has 32 heavy (non-hydrogen) atoms. The number of imide groups is 1. The van der Waals surface area contributed by atoms with E-state index in [9.17, 15) is 14.4 Å². The zero-order chi connectivity index (χ0) is 23.1. The van der Waals surface area contributed by atoms with Gasteiger partial charge in [-0.25, -0.2) is 4.98 Å². The summed E-state index contributed by atoms with van der Waals surface area (Å²) < 4.78 is 7.18. The third kappa shape index (κ3) is 5.81. The summed E-state index contributed by atoms with van der Waals surface area (Å²) in [5, 5.41) is 0. The van der Waals surface area contributed by atoms with E-state index in [1.165, 1.54) is 12.2 Å². The number of benzene rings is 1. The van der Waals surface area contributed by atoms with Crippen LogP contribution in [0, 0.1) is 0 Å². The van der Waals surface area contributed by atoms with Crippen molar-refractivity contribution in [2.45, 2.75) is 19.3 Å². The third-order valence-corrected chi connectivity index (χ3v) is 5.63. The number of carbonyl (C=O) groups is 3. The van der Waals surface area contributed by atoms with E-state index in [2.05, 4.69) is 16.0 Å². The monoisotopic (exact) mass is 480 g/mol. The van der Waals surface area contributed by atoms with Crippen molar-refractivity contribution in [2.24, 2.45) is 7.05 Å². The van der Waals surface area contributed by atoms with Crippen LogP contribution in [0.1, 0.15) is 18.7 Å². The molecule has 0 fully saturated rings. The average molecular weight is 481 g/mol. The Bertz CT molecular complexity index is 997. The number of fused-ring (bicyclic) bond motifs is 1. The topological polar surface area (TPSA) is 84.7 Å². The van der Waals surface area contributed by atoms with E-state index < -0.39 is 0 Å². The summed E-state index contributed by atoms with van der Waals surface area (Å²) in [6.07, 6.45) is 3.84. The van der Waals surface area contributed by atoms with Gasteiger partial charge in [-0.1, -0.05) is 0 Å². The van der Waals surface area contributed by atoms with Gasteiger partial charge in [0.15, 0.2) is 0 Å². The van der Waals surface area contributed by atoms with Crippen LogP contribution in [0.25, 0.3) is 11.0 Å². The molecular formula is C22H26Cl2N4O4. The smallest absolute Gasteiger partial charge is 0.305 e. The molecule has 0 aliphatic carbocycles. The number of imidazole rings is 1. The first-order valence-corrected chi connectivity index (χ1v) is 11.5. The number of rotatable bonds is 12. The van der Waals surface area contributed by atoms with Gasteiger partial charge < -0.3 is 14.2 Å². The molecule has 10 heteroatoms. The van der Waals surface area contributed by atoms with Gasteiger partial charge >= 0.3 is 5.97 Å². The second kappa shape index (κ2) is 11.3.